The quantitative estimate of drug-likeness (QED) is 0.872. The van der Waals surface area contributed by atoms with Crippen molar-refractivity contribution in [2.24, 2.45) is 5.41 Å². The molecule has 1 amide bonds. The molecule has 1 aromatic heterocycles. The maximum absolute atomic E-state index is 13.3. The topological polar surface area (TPSA) is 84.6 Å². The molecule has 2 N–H and O–H groups in total. The summed E-state index contributed by atoms with van der Waals surface area (Å²) in [4.78, 5) is 26.2. The van der Waals surface area contributed by atoms with Crippen LogP contribution in [0.5, 0.6) is 0 Å². The highest BCUT2D eigenvalue weighted by atomic mass is 16.5. The number of hydrogen-bond acceptors (Lipinski definition) is 6. The van der Waals surface area contributed by atoms with E-state index in [1.165, 1.54) is 0 Å². The van der Waals surface area contributed by atoms with Gasteiger partial charge in [-0.2, -0.15) is 4.98 Å². The second-order valence-electron chi connectivity index (χ2n) is 7.18. The fourth-order valence-corrected chi connectivity index (χ4v) is 4.38. The van der Waals surface area contributed by atoms with E-state index in [1.54, 1.807) is 12.3 Å². The molecule has 1 atom stereocenters. The number of carbonyl (C=O) groups excluding carboxylic acids is 1. The summed E-state index contributed by atoms with van der Waals surface area (Å²) in [7, 11) is 0. The zero-order valence-corrected chi connectivity index (χ0v) is 14.0. The van der Waals surface area contributed by atoms with Crippen LogP contribution < -0.4 is 10.6 Å². The number of ether oxygens (including phenoxy) is 1. The van der Waals surface area contributed by atoms with Gasteiger partial charge in [-0.25, -0.2) is 4.98 Å². The Morgan fingerprint density at radius 2 is 2.08 bits per heavy atom. The lowest BCUT2D eigenvalue weighted by Crippen LogP contribution is -2.54. The Labute approximate surface area is 142 Å². The van der Waals surface area contributed by atoms with Crippen LogP contribution in [0, 0.1) is 5.41 Å². The Morgan fingerprint density at radius 1 is 1.25 bits per heavy atom. The van der Waals surface area contributed by atoms with E-state index < -0.39 is 0 Å². The fourth-order valence-electron chi connectivity index (χ4n) is 4.38. The summed E-state index contributed by atoms with van der Waals surface area (Å²) in [6, 6.07) is 2.04. The molecular weight excluding hydrogens is 306 g/mol. The number of nitrogen functional groups attached to an aromatic ring is 1. The van der Waals surface area contributed by atoms with Gasteiger partial charge < -0.3 is 20.3 Å². The average Bonchev–Trinajstić information content (AvgIpc) is 3.03. The Morgan fingerprint density at radius 3 is 2.88 bits per heavy atom. The molecule has 1 spiro atoms. The predicted molar refractivity (Wildman–Crippen MR) is 90.5 cm³/mol. The van der Waals surface area contributed by atoms with Crippen LogP contribution in [0.25, 0.3) is 0 Å². The number of amides is 1. The standard InChI is InChI=1S/C17H25N5O2/c18-14-2-7-19-16(20-14)21-9-6-17(12-21)5-1-8-22(15(17)23)13-3-10-24-11-4-13/h2,7,13H,1,3-6,8-12H2,(H2,18,19,20)/t17-/m1/s1. The summed E-state index contributed by atoms with van der Waals surface area (Å²) >= 11 is 0. The Hall–Kier alpha value is -1.89. The lowest BCUT2D eigenvalue weighted by atomic mass is 9.77. The van der Waals surface area contributed by atoms with Gasteiger partial charge in [0, 0.05) is 45.1 Å². The van der Waals surface area contributed by atoms with E-state index in [2.05, 4.69) is 19.8 Å². The van der Waals surface area contributed by atoms with E-state index in [0.29, 0.717) is 30.3 Å². The Kier molecular flexibility index (Phi) is 4.04. The maximum atomic E-state index is 13.3. The Bertz CT molecular complexity index is 619. The van der Waals surface area contributed by atoms with Crippen molar-refractivity contribution in [2.75, 3.05) is 43.5 Å². The molecule has 0 saturated carbocycles. The minimum atomic E-state index is -0.273. The molecular formula is C17H25N5O2. The van der Waals surface area contributed by atoms with E-state index in [1.807, 2.05) is 0 Å². The lowest BCUT2D eigenvalue weighted by molar-refractivity contribution is -0.149. The second-order valence-corrected chi connectivity index (χ2v) is 7.18. The molecule has 7 nitrogen and oxygen atoms in total. The molecule has 0 bridgehead atoms. The number of carbonyl (C=O) groups is 1. The molecule has 4 rings (SSSR count). The van der Waals surface area contributed by atoms with Crippen LogP contribution in [0.4, 0.5) is 11.8 Å². The highest BCUT2D eigenvalue weighted by Crippen LogP contribution is 2.42. The summed E-state index contributed by atoms with van der Waals surface area (Å²) < 4.78 is 5.45. The molecule has 0 radical (unpaired) electrons. The maximum Gasteiger partial charge on any atom is 0.230 e. The summed E-state index contributed by atoms with van der Waals surface area (Å²) in [6.45, 7) is 3.95. The highest BCUT2D eigenvalue weighted by molar-refractivity contribution is 5.85. The summed E-state index contributed by atoms with van der Waals surface area (Å²) in [5, 5.41) is 0. The minimum Gasteiger partial charge on any atom is -0.384 e. The third-order valence-corrected chi connectivity index (χ3v) is 5.70. The molecule has 0 unspecified atom stereocenters. The molecule has 0 aromatic carbocycles. The van der Waals surface area contributed by atoms with Crippen molar-refractivity contribution in [1.29, 1.82) is 0 Å². The van der Waals surface area contributed by atoms with Gasteiger partial charge in [-0.3, -0.25) is 4.79 Å². The van der Waals surface area contributed by atoms with Crippen molar-refractivity contribution < 1.29 is 9.53 Å². The van der Waals surface area contributed by atoms with Gasteiger partial charge in [-0.15, -0.1) is 0 Å². The first-order valence-electron chi connectivity index (χ1n) is 8.90. The molecule has 3 aliphatic rings. The van der Waals surface area contributed by atoms with E-state index in [9.17, 15) is 4.79 Å². The van der Waals surface area contributed by atoms with E-state index in [-0.39, 0.29) is 5.41 Å². The van der Waals surface area contributed by atoms with E-state index in [4.69, 9.17) is 10.5 Å². The van der Waals surface area contributed by atoms with Crippen molar-refractivity contribution >= 4 is 17.7 Å². The van der Waals surface area contributed by atoms with Crippen LogP contribution in [0.1, 0.15) is 32.1 Å². The lowest BCUT2D eigenvalue weighted by Gasteiger charge is -2.44. The Balaban J connectivity index is 1.51. The van der Waals surface area contributed by atoms with Gasteiger partial charge in [0.2, 0.25) is 11.9 Å². The number of nitrogens with zero attached hydrogens (tertiary/aromatic N) is 4. The molecule has 4 heterocycles. The first-order chi connectivity index (χ1) is 11.7. The zero-order valence-electron chi connectivity index (χ0n) is 14.0. The summed E-state index contributed by atoms with van der Waals surface area (Å²) in [5.74, 6) is 1.44. The second kappa shape index (κ2) is 6.20. The van der Waals surface area contributed by atoms with Crippen LogP contribution in [-0.4, -0.2) is 59.7 Å². The van der Waals surface area contributed by atoms with Gasteiger partial charge in [0.05, 0.1) is 5.41 Å². The van der Waals surface area contributed by atoms with Gasteiger partial charge in [0.1, 0.15) is 5.82 Å². The SMILES string of the molecule is Nc1ccnc(N2CC[C@]3(CCCN(C4CCOCC4)C3=O)C2)n1. The third-order valence-electron chi connectivity index (χ3n) is 5.70. The van der Waals surface area contributed by atoms with Crippen LogP contribution in [-0.2, 0) is 9.53 Å². The van der Waals surface area contributed by atoms with Crippen LogP contribution in [0.15, 0.2) is 12.3 Å². The molecule has 24 heavy (non-hydrogen) atoms. The number of nitrogens with two attached hydrogens (primary N) is 1. The van der Waals surface area contributed by atoms with Crippen LogP contribution in [0.2, 0.25) is 0 Å². The first-order valence-corrected chi connectivity index (χ1v) is 8.90. The van der Waals surface area contributed by atoms with Crippen LogP contribution >= 0.6 is 0 Å². The van der Waals surface area contributed by atoms with Gasteiger partial charge in [0.25, 0.3) is 0 Å². The number of piperidine rings is 1. The number of likely N-dealkylation sites (tertiary alicyclic amines) is 1. The van der Waals surface area contributed by atoms with E-state index >= 15 is 0 Å². The highest BCUT2D eigenvalue weighted by Gasteiger charge is 2.50. The number of anilines is 2. The number of aromatic nitrogens is 2. The minimum absolute atomic E-state index is 0.273. The largest absolute Gasteiger partial charge is 0.384 e. The van der Waals surface area contributed by atoms with Crippen LogP contribution in [0.3, 0.4) is 0 Å². The molecule has 3 aliphatic heterocycles. The fraction of sp³-hybridized carbons (Fsp3) is 0.706. The monoisotopic (exact) mass is 331 g/mol. The predicted octanol–water partition coefficient (Wildman–Crippen LogP) is 1.06. The average molecular weight is 331 g/mol. The van der Waals surface area contributed by atoms with Gasteiger partial charge in [0.15, 0.2) is 0 Å². The summed E-state index contributed by atoms with van der Waals surface area (Å²) in [6.07, 6.45) is 6.52. The smallest absolute Gasteiger partial charge is 0.230 e. The van der Waals surface area contributed by atoms with Crippen molar-refractivity contribution in [1.82, 2.24) is 14.9 Å². The molecule has 1 aromatic rings. The molecule has 0 aliphatic carbocycles. The molecule has 7 heteroatoms. The zero-order chi connectivity index (χ0) is 16.6. The first kappa shape index (κ1) is 15.6. The van der Waals surface area contributed by atoms with Crippen molar-refractivity contribution in [3.8, 4) is 0 Å². The van der Waals surface area contributed by atoms with Gasteiger partial charge in [-0.05, 0) is 38.2 Å². The number of hydrogen-bond donors (Lipinski definition) is 1. The third kappa shape index (κ3) is 2.70. The van der Waals surface area contributed by atoms with Crippen molar-refractivity contribution in [3.05, 3.63) is 12.3 Å². The van der Waals surface area contributed by atoms with Gasteiger partial charge >= 0.3 is 0 Å². The normalized spacial score (nSPS) is 28.8. The summed E-state index contributed by atoms with van der Waals surface area (Å²) in [5.41, 5.74) is 5.50. The molecule has 3 saturated heterocycles. The molecule has 130 valence electrons. The van der Waals surface area contributed by atoms with Crippen molar-refractivity contribution in [2.45, 2.75) is 38.1 Å². The number of rotatable bonds is 2. The van der Waals surface area contributed by atoms with E-state index in [0.717, 1.165) is 58.4 Å². The van der Waals surface area contributed by atoms with Crippen molar-refractivity contribution in [3.63, 3.8) is 0 Å². The molecule has 3 fully saturated rings. The van der Waals surface area contributed by atoms with Gasteiger partial charge in [-0.1, -0.05) is 0 Å².